The second kappa shape index (κ2) is 7.06. The van der Waals surface area contributed by atoms with Gasteiger partial charge in [-0.2, -0.15) is 0 Å². The molecule has 0 unspecified atom stereocenters. The number of carbonyl (C=O) groups excluding carboxylic acids is 2. The van der Waals surface area contributed by atoms with Crippen LogP contribution in [0.4, 0.5) is 10.6 Å². The number of hydrogen-bond donors (Lipinski definition) is 2. The number of aromatic nitrogens is 1. The van der Waals surface area contributed by atoms with E-state index in [4.69, 9.17) is 0 Å². The summed E-state index contributed by atoms with van der Waals surface area (Å²) in [6.45, 7) is 3.32. The van der Waals surface area contributed by atoms with Crippen molar-refractivity contribution in [2.24, 2.45) is 5.92 Å². The number of anilines is 1. The number of carbonyl (C=O) groups is 2. The fourth-order valence-corrected chi connectivity index (χ4v) is 2.50. The Hall–Kier alpha value is -2.11. The van der Waals surface area contributed by atoms with Crippen LogP contribution in [-0.2, 0) is 4.79 Å². The van der Waals surface area contributed by atoms with Gasteiger partial charge in [-0.05, 0) is 43.4 Å². The Labute approximate surface area is 124 Å². The number of nitrogens with one attached hydrogen (secondary N) is 2. The third-order valence-corrected chi connectivity index (χ3v) is 3.81. The van der Waals surface area contributed by atoms with Gasteiger partial charge in [0, 0.05) is 32.8 Å². The van der Waals surface area contributed by atoms with Gasteiger partial charge in [-0.1, -0.05) is 0 Å². The highest BCUT2D eigenvalue weighted by Crippen LogP contribution is 2.21. The van der Waals surface area contributed by atoms with E-state index in [-0.39, 0.29) is 11.9 Å². The number of piperidine rings is 1. The third-order valence-electron chi connectivity index (χ3n) is 3.81. The van der Waals surface area contributed by atoms with Gasteiger partial charge in [0.25, 0.3) is 0 Å². The molecule has 1 aliphatic rings. The van der Waals surface area contributed by atoms with E-state index < -0.39 is 0 Å². The highest BCUT2D eigenvalue weighted by molar-refractivity contribution is 5.88. The minimum atomic E-state index is -0.119. The largest absolute Gasteiger partial charge is 0.359 e. The summed E-state index contributed by atoms with van der Waals surface area (Å²) in [5.74, 6) is 1.01. The van der Waals surface area contributed by atoms with Gasteiger partial charge < -0.3 is 10.2 Å². The van der Waals surface area contributed by atoms with Crippen LogP contribution in [0.5, 0.6) is 0 Å². The lowest BCUT2D eigenvalue weighted by Gasteiger charge is -2.31. The molecule has 2 N–H and O–H groups in total. The van der Waals surface area contributed by atoms with Crippen LogP contribution in [0.1, 0.15) is 24.8 Å². The predicted octanol–water partition coefficient (Wildman–Crippen LogP) is 1.77. The van der Waals surface area contributed by atoms with Crippen LogP contribution < -0.4 is 10.6 Å². The quantitative estimate of drug-likeness (QED) is 0.891. The lowest BCUT2D eigenvalue weighted by Crippen LogP contribution is -2.41. The second-order valence-electron chi connectivity index (χ2n) is 5.46. The van der Waals surface area contributed by atoms with Gasteiger partial charge in [0.15, 0.2) is 0 Å². The van der Waals surface area contributed by atoms with Gasteiger partial charge >= 0.3 is 6.03 Å². The average molecular weight is 290 g/mol. The predicted molar refractivity (Wildman–Crippen MR) is 81.0 cm³/mol. The Kier molecular flexibility index (Phi) is 5.14. The summed E-state index contributed by atoms with van der Waals surface area (Å²) in [4.78, 5) is 29.4. The third kappa shape index (κ3) is 4.44. The molecule has 3 amide bonds. The monoisotopic (exact) mass is 290 g/mol. The van der Waals surface area contributed by atoms with Crippen LogP contribution in [0.15, 0.2) is 18.3 Å². The summed E-state index contributed by atoms with van der Waals surface area (Å²) in [6.07, 6.45) is 3.95. The number of nitrogens with zero attached hydrogens (tertiary/aromatic N) is 2. The first-order valence-electron chi connectivity index (χ1n) is 7.27. The minimum Gasteiger partial charge on any atom is -0.359 e. The molecule has 0 spiro atoms. The van der Waals surface area contributed by atoms with Crippen molar-refractivity contribution in [2.45, 2.75) is 26.2 Å². The van der Waals surface area contributed by atoms with Gasteiger partial charge in [-0.15, -0.1) is 0 Å². The van der Waals surface area contributed by atoms with Crippen molar-refractivity contribution in [3.05, 3.63) is 23.9 Å². The van der Waals surface area contributed by atoms with Crippen LogP contribution in [0.2, 0.25) is 0 Å². The zero-order valence-corrected chi connectivity index (χ0v) is 12.6. The number of urea groups is 1. The molecular formula is C15H22N4O2. The van der Waals surface area contributed by atoms with E-state index in [9.17, 15) is 9.59 Å². The fourth-order valence-electron chi connectivity index (χ4n) is 2.50. The van der Waals surface area contributed by atoms with Gasteiger partial charge in [-0.25, -0.2) is 9.78 Å². The molecule has 21 heavy (non-hydrogen) atoms. The Morgan fingerprint density at radius 3 is 2.71 bits per heavy atom. The molecule has 1 saturated heterocycles. The minimum absolute atomic E-state index is 0.0712. The molecule has 6 heteroatoms. The van der Waals surface area contributed by atoms with E-state index in [1.165, 1.54) is 0 Å². The van der Waals surface area contributed by atoms with Crippen LogP contribution >= 0.6 is 0 Å². The maximum absolute atomic E-state index is 12.2. The lowest BCUT2D eigenvalue weighted by atomic mass is 9.93. The van der Waals surface area contributed by atoms with Gasteiger partial charge in [0.05, 0.1) is 0 Å². The van der Waals surface area contributed by atoms with Crippen molar-refractivity contribution in [1.82, 2.24) is 15.2 Å². The SMILES string of the molecule is CNC(=O)CC1CCN(C(=O)Nc2cc(C)ccn2)CC1. The van der Waals surface area contributed by atoms with Crippen LogP contribution in [0, 0.1) is 12.8 Å². The Balaban J connectivity index is 1.82. The number of rotatable bonds is 3. The number of aryl methyl sites for hydroxylation is 1. The van der Waals surface area contributed by atoms with Crippen molar-refractivity contribution in [2.75, 3.05) is 25.5 Å². The molecular weight excluding hydrogens is 268 g/mol. The van der Waals surface area contributed by atoms with Crippen molar-refractivity contribution in [3.63, 3.8) is 0 Å². The number of amides is 3. The molecule has 1 fully saturated rings. The molecule has 0 radical (unpaired) electrons. The molecule has 1 aromatic heterocycles. The lowest BCUT2D eigenvalue weighted by molar-refractivity contribution is -0.121. The maximum Gasteiger partial charge on any atom is 0.323 e. The van der Waals surface area contributed by atoms with Crippen molar-refractivity contribution >= 4 is 17.8 Å². The highest BCUT2D eigenvalue weighted by atomic mass is 16.2. The molecule has 6 nitrogen and oxygen atoms in total. The van der Waals surface area contributed by atoms with E-state index in [2.05, 4.69) is 15.6 Å². The summed E-state index contributed by atoms with van der Waals surface area (Å²) in [5, 5.41) is 5.46. The Bertz CT molecular complexity index is 510. The topological polar surface area (TPSA) is 74.3 Å². The van der Waals surface area contributed by atoms with E-state index in [1.807, 2.05) is 19.1 Å². The van der Waals surface area contributed by atoms with E-state index in [0.29, 0.717) is 31.2 Å². The summed E-state index contributed by atoms with van der Waals surface area (Å²) in [7, 11) is 1.65. The van der Waals surface area contributed by atoms with Crippen LogP contribution in [0.25, 0.3) is 0 Å². The van der Waals surface area contributed by atoms with E-state index in [1.54, 1.807) is 18.1 Å². The molecule has 2 heterocycles. The van der Waals surface area contributed by atoms with Gasteiger partial charge in [-0.3, -0.25) is 10.1 Å². The first kappa shape index (κ1) is 15.3. The summed E-state index contributed by atoms with van der Waals surface area (Å²) >= 11 is 0. The molecule has 2 rings (SSSR count). The standard InChI is InChI=1S/C15H22N4O2/c1-11-3-6-17-13(9-11)18-15(21)19-7-4-12(5-8-19)10-14(20)16-2/h3,6,9,12H,4-5,7-8,10H2,1-2H3,(H,16,20)(H,17,18,21). The zero-order chi connectivity index (χ0) is 15.2. The van der Waals surface area contributed by atoms with Crippen molar-refractivity contribution in [1.29, 1.82) is 0 Å². The average Bonchev–Trinajstić information content (AvgIpc) is 2.47. The number of hydrogen-bond acceptors (Lipinski definition) is 3. The molecule has 0 aromatic carbocycles. The number of likely N-dealkylation sites (tertiary alicyclic amines) is 1. The molecule has 0 saturated carbocycles. The van der Waals surface area contributed by atoms with E-state index >= 15 is 0 Å². The first-order valence-corrected chi connectivity index (χ1v) is 7.27. The maximum atomic E-state index is 12.2. The Morgan fingerprint density at radius 2 is 2.10 bits per heavy atom. The molecule has 1 aromatic rings. The second-order valence-corrected chi connectivity index (χ2v) is 5.46. The van der Waals surface area contributed by atoms with Crippen molar-refractivity contribution in [3.8, 4) is 0 Å². The molecule has 114 valence electrons. The summed E-state index contributed by atoms with van der Waals surface area (Å²) < 4.78 is 0. The van der Waals surface area contributed by atoms with Crippen LogP contribution in [0.3, 0.4) is 0 Å². The smallest absolute Gasteiger partial charge is 0.323 e. The fraction of sp³-hybridized carbons (Fsp3) is 0.533. The molecule has 0 atom stereocenters. The molecule has 1 aliphatic heterocycles. The summed E-state index contributed by atoms with van der Waals surface area (Å²) in [5.41, 5.74) is 1.06. The molecule has 0 aliphatic carbocycles. The Morgan fingerprint density at radius 1 is 1.38 bits per heavy atom. The normalized spacial score (nSPS) is 15.6. The highest BCUT2D eigenvalue weighted by Gasteiger charge is 2.24. The molecule has 0 bridgehead atoms. The number of pyridine rings is 1. The van der Waals surface area contributed by atoms with E-state index in [0.717, 1.165) is 18.4 Å². The van der Waals surface area contributed by atoms with Gasteiger partial charge in [0.2, 0.25) is 5.91 Å². The van der Waals surface area contributed by atoms with Gasteiger partial charge in [0.1, 0.15) is 5.82 Å². The first-order chi connectivity index (χ1) is 10.1. The van der Waals surface area contributed by atoms with Crippen molar-refractivity contribution < 1.29 is 9.59 Å². The summed E-state index contributed by atoms with van der Waals surface area (Å²) in [6, 6.07) is 3.61. The van der Waals surface area contributed by atoms with Crippen LogP contribution in [-0.4, -0.2) is 42.0 Å². The zero-order valence-electron chi connectivity index (χ0n) is 12.6.